The van der Waals surface area contributed by atoms with Gasteiger partial charge in [-0.3, -0.25) is 0 Å². The Hall–Kier alpha value is -2.96. The molecule has 31 heavy (non-hydrogen) atoms. The van der Waals surface area contributed by atoms with Crippen molar-refractivity contribution in [1.29, 1.82) is 0 Å². The Morgan fingerprint density at radius 3 is 2.13 bits per heavy atom. The predicted octanol–water partition coefficient (Wildman–Crippen LogP) is 7.54. The van der Waals surface area contributed by atoms with Crippen LogP contribution in [-0.4, -0.2) is 16.3 Å². The molecule has 0 fully saturated rings. The minimum Gasteiger partial charge on any atom is -0.406 e. The number of aromatic nitrogens is 2. The first kappa shape index (κ1) is 21.3. The van der Waals surface area contributed by atoms with Crippen LogP contribution in [0.25, 0.3) is 22.4 Å². The number of halogens is 5. The molecular formula is C23H15Cl2F3N2O. The molecule has 0 unspecified atom stereocenters. The van der Waals surface area contributed by atoms with Crippen LogP contribution < -0.4 is 4.74 Å². The van der Waals surface area contributed by atoms with Gasteiger partial charge in [0.2, 0.25) is 0 Å². The van der Waals surface area contributed by atoms with Crippen LogP contribution in [0.5, 0.6) is 5.75 Å². The van der Waals surface area contributed by atoms with E-state index in [-0.39, 0.29) is 5.75 Å². The van der Waals surface area contributed by atoms with Crippen molar-refractivity contribution >= 4 is 23.2 Å². The molecule has 0 atom stereocenters. The maximum absolute atomic E-state index is 12.3. The molecule has 0 radical (unpaired) electrons. The predicted molar refractivity (Wildman–Crippen MR) is 115 cm³/mol. The lowest BCUT2D eigenvalue weighted by molar-refractivity contribution is -0.274. The zero-order valence-corrected chi connectivity index (χ0v) is 17.4. The Morgan fingerprint density at radius 2 is 1.52 bits per heavy atom. The molecule has 0 saturated heterocycles. The van der Waals surface area contributed by atoms with Gasteiger partial charge in [0.15, 0.2) is 0 Å². The van der Waals surface area contributed by atoms with Gasteiger partial charge in [0, 0.05) is 17.0 Å². The quantitative estimate of drug-likeness (QED) is 0.332. The summed E-state index contributed by atoms with van der Waals surface area (Å²) >= 11 is 12.2. The van der Waals surface area contributed by atoms with E-state index in [1.165, 1.54) is 12.1 Å². The summed E-state index contributed by atoms with van der Waals surface area (Å²) in [5, 5.41) is 1.11. The van der Waals surface area contributed by atoms with Crippen molar-refractivity contribution in [2.75, 3.05) is 0 Å². The minimum absolute atomic E-state index is 0.248. The SMILES string of the molecule is FC(F)(F)Oc1ccc(-c2ccc(Cc3ncc(-c4ccc(Cl)cc4Cl)[nH]3)cc2)cc1. The largest absolute Gasteiger partial charge is 0.573 e. The molecule has 3 nitrogen and oxygen atoms in total. The van der Waals surface area contributed by atoms with Crippen molar-refractivity contribution in [3.8, 4) is 28.1 Å². The first-order valence-corrected chi connectivity index (χ1v) is 9.97. The molecule has 8 heteroatoms. The van der Waals surface area contributed by atoms with Crippen molar-refractivity contribution < 1.29 is 17.9 Å². The third-order valence-electron chi connectivity index (χ3n) is 4.60. The highest BCUT2D eigenvalue weighted by molar-refractivity contribution is 6.36. The number of alkyl halides is 3. The number of aromatic amines is 1. The topological polar surface area (TPSA) is 37.9 Å². The van der Waals surface area contributed by atoms with Gasteiger partial charge < -0.3 is 9.72 Å². The number of benzene rings is 3. The number of nitrogens with one attached hydrogen (secondary N) is 1. The van der Waals surface area contributed by atoms with E-state index in [9.17, 15) is 13.2 Å². The average molecular weight is 463 g/mol. The zero-order valence-electron chi connectivity index (χ0n) is 15.9. The van der Waals surface area contributed by atoms with E-state index in [0.717, 1.165) is 33.8 Å². The van der Waals surface area contributed by atoms with Gasteiger partial charge in [0.25, 0.3) is 0 Å². The van der Waals surface area contributed by atoms with Crippen LogP contribution in [0.15, 0.2) is 72.9 Å². The molecular weight excluding hydrogens is 448 g/mol. The number of nitrogens with zero attached hydrogens (tertiary/aromatic N) is 1. The fourth-order valence-electron chi connectivity index (χ4n) is 3.15. The van der Waals surface area contributed by atoms with Gasteiger partial charge in [-0.1, -0.05) is 59.6 Å². The lowest BCUT2D eigenvalue weighted by Gasteiger charge is -2.09. The molecule has 0 aliphatic heterocycles. The summed E-state index contributed by atoms with van der Waals surface area (Å²) < 4.78 is 40.7. The lowest BCUT2D eigenvalue weighted by atomic mass is 10.0. The Labute approximate surface area is 186 Å². The van der Waals surface area contributed by atoms with Crippen LogP contribution >= 0.6 is 23.2 Å². The summed E-state index contributed by atoms with van der Waals surface area (Å²) in [6.45, 7) is 0. The van der Waals surface area contributed by atoms with E-state index < -0.39 is 6.36 Å². The molecule has 0 bridgehead atoms. The fourth-order valence-corrected chi connectivity index (χ4v) is 3.66. The van der Waals surface area contributed by atoms with Crippen molar-refractivity contribution in [3.05, 3.63) is 94.4 Å². The van der Waals surface area contributed by atoms with Gasteiger partial charge >= 0.3 is 6.36 Å². The molecule has 158 valence electrons. The van der Waals surface area contributed by atoms with Gasteiger partial charge in [0.1, 0.15) is 11.6 Å². The van der Waals surface area contributed by atoms with Crippen molar-refractivity contribution in [2.45, 2.75) is 12.8 Å². The zero-order chi connectivity index (χ0) is 22.0. The molecule has 0 aliphatic carbocycles. The van der Waals surface area contributed by atoms with Gasteiger partial charge in [-0.2, -0.15) is 0 Å². The van der Waals surface area contributed by atoms with E-state index in [1.807, 2.05) is 30.3 Å². The van der Waals surface area contributed by atoms with Gasteiger partial charge in [-0.25, -0.2) is 4.98 Å². The molecule has 4 rings (SSSR count). The highest BCUT2D eigenvalue weighted by Crippen LogP contribution is 2.30. The molecule has 0 saturated carbocycles. The minimum atomic E-state index is -4.70. The second kappa shape index (κ2) is 8.65. The second-order valence-electron chi connectivity index (χ2n) is 6.81. The summed E-state index contributed by atoms with van der Waals surface area (Å²) in [4.78, 5) is 7.68. The van der Waals surface area contributed by atoms with E-state index in [0.29, 0.717) is 16.5 Å². The molecule has 0 spiro atoms. The summed E-state index contributed by atoms with van der Waals surface area (Å²) in [5.74, 6) is 0.532. The third kappa shape index (κ3) is 5.40. The van der Waals surface area contributed by atoms with Gasteiger partial charge in [-0.05, 0) is 47.0 Å². The van der Waals surface area contributed by atoms with Crippen LogP contribution in [0, 0.1) is 0 Å². The monoisotopic (exact) mass is 462 g/mol. The molecule has 1 heterocycles. The Morgan fingerprint density at radius 1 is 0.871 bits per heavy atom. The van der Waals surface area contributed by atoms with Crippen LogP contribution in [0.4, 0.5) is 13.2 Å². The van der Waals surface area contributed by atoms with Crippen LogP contribution in [-0.2, 0) is 6.42 Å². The second-order valence-corrected chi connectivity index (χ2v) is 7.66. The van der Waals surface area contributed by atoms with Gasteiger partial charge in [0.05, 0.1) is 16.9 Å². The summed E-state index contributed by atoms with van der Waals surface area (Å²) in [6.07, 6.45) is -2.39. The maximum atomic E-state index is 12.3. The molecule has 1 aromatic heterocycles. The van der Waals surface area contributed by atoms with E-state index in [1.54, 1.807) is 30.5 Å². The standard InChI is InChI=1S/C23H15Cl2F3N2O/c24-17-7-10-19(20(25)12-17)21-13-29-22(30-21)11-14-1-3-15(4-2-14)16-5-8-18(9-6-16)31-23(26,27)28/h1-10,12-13H,11H2,(H,29,30). The lowest BCUT2D eigenvalue weighted by Crippen LogP contribution is -2.16. The maximum Gasteiger partial charge on any atom is 0.573 e. The number of H-pyrrole nitrogens is 1. The first-order chi connectivity index (χ1) is 14.8. The van der Waals surface area contributed by atoms with Crippen LogP contribution in [0.3, 0.4) is 0 Å². The molecule has 3 aromatic carbocycles. The average Bonchev–Trinajstić information content (AvgIpc) is 3.16. The number of ether oxygens (including phenoxy) is 1. The van der Waals surface area contributed by atoms with Crippen LogP contribution in [0.1, 0.15) is 11.4 Å². The molecule has 0 aliphatic rings. The Kier molecular flexibility index (Phi) is 5.94. The van der Waals surface area contributed by atoms with Crippen molar-refractivity contribution in [1.82, 2.24) is 9.97 Å². The number of imidazole rings is 1. The third-order valence-corrected chi connectivity index (χ3v) is 5.14. The Bertz CT molecular complexity index is 1190. The number of rotatable bonds is 5. The number of hydrogen-bond acceptors (Lipinski definition) is 2. The normalized spacial score (nSPS) is 11.5. The Balaban J connectivity index is 1.45. The van der Waals surface area contributed by atoms with Crippen LogP contribution in [0.2, 0.25) is 10.0 Å². The summed E-state index contributed by atoms with van der Waals surface area (Å²) in [5.41, 5.74) is 4.32. The number of hydrogen-bond donors (Lipinski definition) is 1. The molecule has 1 N–H and O–H groups in total. The van der Waals surface area contributed by atoms with E-state index in [4.69, 9.17) is 23.2 Å². The van der Waals surface area contributed by atoms with Gasteiger partial charge in [-0.15, -0.1) is 13.2 Å². The fraction of sp³-hybridized carbons (Fsp3) is 0.0870. The van der Waals surface area contributed by atoms with Crippen molar-refractivity contribution in [2.24, 2.45) is 0 Å². The van der Waals surface area contributed by atoms with E-state index >= 15 is 0 Å². The highest BCUT2D eigenvalue weighted by Gasteiger charge is 2.30. The van der Waals surface area contributed by atoms with E-state index in [2.05, 4.69) is 14.7 Å². The summed E-state index contributed by atoms with van der Waals surface area (Å²) in [6, 6.07) is 18.8. The summed E-state index contributed by atoms with van der Waals surface area (Å²) in [7, 11) is 0. The molecule has 4 aromatic rings. The first-order valence-electron chi connectivity index (χ1n) is 9.21. The smallest absolute Gasteiger partial charge is 0.406 e. The molecule has 0 amide bonds. The highest BCUT2D eigenvalue weighted by atomic mass is 35.5. The van der Waals surface area contributed by atoms with Crippen molar-refractivity contribution in [3.63, 3.8) is 0 Å².